The predicted molar refractivity (Wildman–Crippen MR) is 57.8 cm³/mol. The summed E-state index contributed by atoms with van der Waals surface area (Å²) >= 11 is 0. The lowest BCUT2D eigenvalue weighted by Gasteiger charge is -2.36. The smallest absolute Gasteiger partial charge is 0.0663 e. The van der Waals surface area contributed by atoms with Crippen molar-refractivity contribution in [3.8, 4) is 12.3 Å². The van der Waals surface area contributed by atoms with E-state index in [0.29, 0.717) is 12.5 Å². The van der Waals surface area contributed by atoms with E-state index in [4.69, 9.17) is 16.9 Å². The Hall–Kier alpha value is -0.560. The molecule has 3 atom stereocenters. The van der Waals surface area contributed by atoms with Gasteiger partial charge in [0.05, 0.1) is 12.6 Å². The molecular formula is C11H20N2O. The minimum absolute atomic E-state index is 0.0594. The molecule has 1 saturated heterocycles. The van der Waals surface area contributed by atoms with E-state index in [9.17, 15) is 0 Å². The van der Waals surface area contributed by atoms with Crippen LogP contribution in [0.1, 0.15) is 20.3 Å². The Bertz CT molecular complexity index is 218. The molecule has 0 radical (unpaired) electrons. The number of hydrogen-bond acceptors (Lipinski definition) is 3. The second-order valence-corrected chi connectivity index (χ2v) is 4.21. The SMILES string of the molecule is C#CC(C)NC(C)(CN)C1CCOC1. The van der Waals surface area contributed by atoms with Crippen LogP contribution in [0.15, 0.2) is 0 Å². The Morgan fingerprint density at radius 1 is 1.79 bits per heavy atom. The van der Waals surface area contributed by atoms with Gasteiger partial charge in [-0.1, -0.05) is 5.92 Å². The van der Waals surface area contributed by atoms with Gasteiger partial charge in [-0.15, -0.1) is 6.42 Å². The molecule has 3 unspecified atom stereocenters. The first-order valence-electron chi connectivity index (χ1n) is 5.14. The molecular weight excluding hydrogens is 176 g/mol. The third-order valence-electron chi connectivity index (χ3n) is 3.05. The van der Waals surface area contributed by atoms with Crippen LogP contribution < -0.4 is 11.1 Å². The molecule has 0 spiro atoms. The van der Waals surface area contributed by atoms with E-state index in [1.165, 1.54) is 0 Å². The van der Waals surface area contributed by atoms with Gasteiger partial charge in [-0.25, -0.2) is 0 Å². The summed E-state index contributed by atoms with van der Waals surface area (Å²) in [7, 11) is 0. The molecule has 1 heterocycles. The van der Waals surface area contributed by atoms with Crippen molar-refractivity contribution in [2.24, 2.45) is 11.7 Å². The van der Waals surface area contributed by atoms with Crippen LogP contribution in [-0.4, -0.2) is 31.3 Å². The van der Waals surface area contributed by atoms with E-state index in [-0.39, 0.29) is 11.6 Å². The van der Waals surface area contributed by atoms with Gasteiger partial charge in [0.15, 0.2) is 0 Å². The Kier molecular flexibility index (Phi) is 3.94. The van der Waals surface area contributed by atoms with Gasteiger partial charge < -0.3 is 10.5 Å². The molecule has 0 aromatic rings. The van der Waals surface area contributed by atoms with Gasteiger partial charge in [-0.2, -0.15) is 0 Å². The van der Waals surface area contributed by atoms with Crippen molar-refractivity contribution in [3.05, 3.63) is 0 Å². The van der Waals surface area contributed by atoms with Crippen LogP contribution in [0.25, 0.3) is 0 Å². The van der Waals surface area contributed by atoms with Crippen molar-refractivity contribution in [3.63, 3.8) is 0 Å². The minimum atomic E-state index is -0.0950. The summed E-state index contributed by atoms with van der Waals surface area (Å²) in [5.41, 5.74) is 5.71. The lowest BCUT2D eigenvalue weighted by atomic mass is 9.84. The van der Waals surface area contributed by atoms with Gasteiger partial charge in [0.2, 0.25) is 0 Å². The predicted octanol–water partition coefficient (Wildman–Crippen LogP) is 0.352. The Labute approximate surface area is 86.4 Å². The van der Waals surface area contributed by atoms with Crippen molar-refractivity contribution < 1.29 is 4.74 Å². The van der Waals surface area contributed by atoms with Gasteiger partial charge in [0.25, 0.3) is 0 Å². The number of ether oxygens (including phenoxy) is 1. The van der Waals surface area contributed by atoms with Crippen LogP contribution in [0.5, 0.6) is 0 Å². The summed E-state index contributed by atoms with van der Waals surface area (Å²) in [4.78, 5) is 0. The lowest BCUT2D eigenvalue weighted by Crippen LogP contribution is -2.57. The van der Waals surface area contributed by atoms with Crippen LogP contribution in [-0.2, 0) is 4.74 Å². The third kappa shape index (κ3) is 2.48. The molecule has 3 N–H and O–H groups in total. The quantitative estimate of drug-likeness (QED) is 0.638. The number of rotatable bonds is 4. The maximum absolute atomic E-state index is 5.80. The lowest BCUT2D eigenvalue weighted by molar-refractivity contribution is 0.153. The van der Waals surface area contributed by atoms with Crippen LogP contribution >= 0.6 is 0 Å². The normalized spacial score (nSPS) is 28.0. The first-order valence-corrected chi connectivity index (χ1v) is 5.14. The van der Waals surface area contributed by atoms with Crippen molar-refractivity contribution in [1.82, 2.24) is 5.32 Å². The molecule has 0 saturated carbocycles. The first-order chi connectivity index (χ1) is 6.62. The van der Waals surface area contributed by atoms with Gasteiger partial charge in [0, 0.05) is 24.6 Å². The minimum Gasteiger partial charge on any atom is -0.381 e. The summed E-state index contributed by atoms with van der Waals surface area (Å²) < 4.78 is 5.37. The fraction of sp³-hybridized carbons (Fsp3) is 0.818. The molecule has 0 amide bonds. The van der Waals surface area contributed by atoms with Gasteiger partial charge >= 0.3 is 0 Å². The van der Waals surface area contributed by atoms with E-state index in [1.54, 1.807) is 0 Å². The maximum Gasteiger partial charge on any atom is 0.0663 e. The second kappa shape index (κ2) is 4.79. The summed E-state index contributed by atoms with van der Waals surface area (Å²) in [6.07, 6.45) is 6.42. The molecule has 80 valence electrons. The zero-order valence-electron chi connectivity index (χ0n) is 9.05. The molecule has 0 aliphatic carbocycles. The molecule has 1 aliphatic heterocycles. The molecule has 1 aliphatic rings. The highest BCUT2D eigenvalue weighted by atomic mass is 16.5. The van der Waals surface area contributed by atoms with Crippen molar-refractivity contribution in [2.45, 2.75) is 31.8 Å². The Balaban J connectivity index is 2.60. The van der Waals surface area contributed by atoms with Crippen molar-refractivity contribution >= 4 is 0 Å². The van der Waals surface area contributed by atoms with Crippen LogP contribution in [0.4, 0.5) is 0 Å². The van der Waals surface area contributed by atoms with Gasteiger partial charge in [-0.3, -0.25) is 5.32 Å². The fourth-order valence-electron chi connectivity index (χ4n) is 1.92. The number of terminal acetylenes is 1. The Morgan fingerprint density at radius 2 is 2.50 bits per heavy atom. The second-order valence-electron chi connectivity index (χ2n) is 4.21. The van der Waals surface area contributed by atoms with Crippen LogP contribution in [0, 0.1) is 18.3 Å². The number of nitrogens with one attached hydrogen (secondary N) is 1. The molecule has 1 rings (SSSR count). The zero-order chi connectivity index (χ0) is 10.6. The summed E-state index contributed by atoms with van der Waals surface area (Å²) in [5, 5.41) is 3.39. The Morgan fingerprint density at radius 3 is 2.93 bits per heavy atom. The third-order valence-corrected chi connectivity index (χ3v) is 3.05. The molecule has 1 fully saturated rings. The average Bonchev–Trinajstić information content (AvgIpc) is 2.70. The van der Waals surface area contributed by atoms with E-state index in [1.807, 2.05) is 6.92 Å². The van der Waals surface area contributed by atoms with Crippen LogP contribution in [0.2, 0.25) is 0 Å². The maximum atomic E-state index is 5.80. The molecule has 0 aromatic heterocycles. The molecule has 0 bridgehead atoms. The van der Waals surface area contributed by atoms with Crippen molar-refractivity contribution in [2.75, 3.05) is 19.8 Å². The monoisotopic (exact) mass is 196 g/mol. The standard InChI is InChI=1S/C11H20N2O/c1-4-9(2)13-11(3,8-12)10-5-6-14-7-10/h1,9-10,13H,5-8,12H2,2-3H3. The summed E-state index contributed by atoms with van der Waals surface area (Å²) in [6.45, 7) is 6.32. The van der Waals surface area contributed by atoms with Crippen LogP contribution in [0.3, 0.4) is 0 Å². The molecule has 14 heavy (non-hydrogen) atoms. The highest BCUT2D eigenvalue weighted by Gasteiger charge is 2.35. The van der Waals surface area contributed by atoms with Crippen molar-refractivity contribution in [1.29, 1.82) is 0 Å². The highest BCUT2D eigenvalue weighted by molar-refractivity contribution is 5.03. The fourth-order valence-corrected chi connectivity index (χ4v) is 1.92. The average molecular weight is 196 g/mol. The zero-order valence-corrected chi connectivity index (χ0v) is 9.05. The summed E-state index contributed by atoms with van der Waals surface area (Å²) in [5.74, 6) is 3.15. The highest BCUT2D eigenvalue weighted by Crippen LogP contribution is 2.25. The van der Waals surface area contributed by atoms with E-state index in [0.717, 1.165) is 19.6 Å². The van der Waals surface area contributed by atoms with Gasteiger partial charge in [-0.05, 0) is 20.3 Å². The largest absolute Gasteiger partial charge is 0.381 e. The topological polar surface area (TPSA) is 47.3 Å². The van der Waals surface area contributed by atoms with Gasteiger partial charge in [0.1, 0.15) is 0 Å². The van der Waals surface area contributed by atoms with E-state index >= 15 is 0 Å². The first kappa shape index (κ1) is 11.5. The molecule has 3 nitrogen and oxygen atoms in total. The number of hydrogen-bond donors (Lipinski definition) is 2. The molecule has 0 aromatic carbocycles. The van der Waals surface area contributed by atoms with E-state index in [2.05, 4.69) is 18.2 Å². The molecule has 3 heteroatoms. The number of nitrogens with two attached hydrogens (primary N) is 1. The van der Waals surface area contributed by atoms with E-state index < -0.39 is 0 Å². The summed E-state index contributed by atoms with van der Waals surface area (Å²) in [6, 6.07) is 0.0594.